The summed E-state index contributed by atoms with van der Waals surface area (Å²) in [7, 11) is 1.61. The van der Waals surface area contributed by atoms with Gasteiger partial charge in [-0.3, -0.25) is 4.79 Å². The molecule has 1 heterocycles. The Kier molecular flexibility index (Phi) is 5.55. The average molecular weight is 370 g/mol. The predicted molar refractivity (Wildman–Crippen MR) is 96.7 cm³/mol. The Bertz CT molecular complexity index is 931. The number of benzene rings is 2. The Balaban J connectivity index is 1.57. The van der Waals surface area contributed by atoms with Gasteiger partial charge in [0.25, 0.3) is 5.91 Å². The molecule has 3 rings (SSSR count). The molecule has 0 atom stereocenters. The lowest BCUT2D eigenvalue weighted by molar-refractivity contribution is 0.102. The molecule has 0 saturated heterocycles. The van der Waals surface area contributed by atoms with E-state index in [1.165, 1.54) is 6.07 Å². The van der Waals surface area contributed by atoms with Gasteiger partial charge in [0, 0.05) is 12.1 Å². The summed E-state index contributed by atoms with van der Waals surface area (Å²) in [5, 5.41) is 13.4. The number of anilines is 2. The number of rotatable bonds is 6. The molecule has 0 bridgehead atoms. The van der Waals surface area contributed by atoms with Crippen molar-refractivity contribution in [2.45, 2.75) is 6.54 Å². The van der Waals surface area contributed by atoms with Crippen molar-refractivity contribution in [2.24, 2.45) is 0 Å². The predicted octanol–water partition coefficient (Wildman–Crippen LogP) is 3.63. The monoisotopic (exact) mass is 370 g/mol. The zero-order valence-electron chi connectivity index (χ0n) is 14.4. The van der Waals surface area contributed by atoms with Gasteiger partial charge in [-0.15, -0.1) is 10.2 Å². The highest BCUT2D eigenvalue weighted by Gasteiger charge is 2.11. The minimum atomic E-state index is -1.09. The number of carbonyl (C=O) groups excluding carboxylic acids is 1. The largest absolute Gasteiger partial charge is 0.497 e. The van der Waals surface area contributed by atoms with Crippen molar-refractivity contribution < 1.29 is 18.3 Å². The summed E-state index contributed by atoms with van der Waals surface area (Å²) in [6.45, 7) is 0.541. The first-order valence-corrected chi connectivity index (χ1v) is 8.02. The number of carbonyl (C=O) groups is 1. The zero-order valence-corrected chi connectivity index (χ0v) is 14.4. The number of hydrogen-bond acceptors (Lipinski definition) is 5. The maximum absolute atomic E-state index is 13.2. The summed E-state index contributed by atoms with van der Waals surface area (Å²) in [5.74, 6) is -1.22. The lowest BCUT2D eigenvalue weighted by Crippen LogP contribution is -2.14. The maximum atomic E-state index is 13.2. The van der Waals surface area contributed by atoms with Crippen molar-refractivity contribution in [3.63, 3.8) is 0 Å². The summed E-state index contributed by atoms with van der Waals surface area (Å²) < 4.78 is 31.2. The van der Waals surface area contributed by atoms with Crippen LogP contribution in [0.1, 0.15) is 15.9 Å². The fourth-order valence-corrected chi connectivity index (χ4v) is 2.26. The van der Waals surface area contributed by atoms with Crippen molar-refractivity contribution in [2.75, 3.05) is 17.7 Å². The van der Waals surface area contributed by atoms with Crippen LogP contribution in [0.4, 0.5) is 20.4 Å². The fraction of sp³-hybridized carbons (Fsp3) is 0.105. The van der Waals surface area contributed by atoms with Crippen LogP contribution in [-0.4, -0.2) is 23.2 Å². The van der Waals surface area contributed by atoms with E-state index in [9.17, 15) is 13.6 Å². The van der Waals surface area contributed by atoms with Gasteiger partial charge in [-0.25, -0.2) is 8.78 Å². The third-order valence-electron chi connectivity index (χ3n) is 3.72. The number of hydrogen-bond donors (Lipinski definition) is 2. The highest BCUT2D eigenvalue weighted by Crippen LogP contribution is 2.14. The third-order valence-corrected chi connectivity index (χ3v) is 3.72. The lowest BCUT2D eigenvalue weighted by Gasteiger charge is -2.08. The van der Waals surface area contributed by atoms with E-state index in [-0.39, 0.29) is 11.4 Å². The second-order valence-electron chi connectivity index (χ2n) is 5.59. The van der Waals surface area contributed by atoms with E-state index in [0.29, 0.717) is 12.4 Å². The van der Waals surface area contributed by atoms with Crippen LogP contribution < -0.4 is 15.4 Å². The molecule has 0 radical (unpaired) electrons. The van der Waals surface area contributed by atoms with Crippen molar-refractivity contribution in [3.8, 4) is 5.75 Å². The van der Waals surface area contributed by atoms with Crippen molar-refractivity contribution in [1.29, 1.82) is 0 Å². The van der Waals surface area contributed by atoms with E-state index in [0.717, 1.165) is 23.4 Å². The van der Waals surface area contributed by atoms with Crippen molar-refractivity contribution in [3.05, 3.63) is 77.4 Å². The Morgan fingerprint density at radius 3 is 2.30 bits per heavy atom. The third kappa shape index (κ3) is 4.75. The number of ether oxygens (including phenoxy) is 1. The molecule has 0 saturated carbocycles. The van der Waals surface area contributed by atoms with Gasteiger partial charge in [0.15, 0.2) is 17.5 Å². The van der Waals surface area contributed by atoms with Gasteiger partial charge in [-0.05, 0) is 48.0 Å². The van der Waals surface area contributed by atoms with Gasteiger partial charge < -0.3 is 15.4 Å². The van der Waals surface area contributed by atoms with Gasteiger partial charge in [-0.1, -0.05) is 12.1 Å². The number of amides is 1. The molecule has 8 heteroatoms. The van der Waals surface area contributed by atoms with E-state index in [2.05, 4.69) is 20.8 Å². The molecule has 0 aliphatic rings. The smallest absolute Gasteiger partial charge is 0.256 e. The van der Waals surface area contributed by atoms with Crippen LogP contribution in [0.25, 0.3) is 0 Å². The molecule has 0 aliphatic heterocycles. The molecule has 2 aromatic carbocycles. The van der Waals surface area contributed by atoms with Crippen LogP contribution in [0.5, 0.6) is 5.75 Å². The van der Waals surface area contributed by atoms with Crippen molar-refractivity contribution in [1.82, 2.24) is 10.2 Å². The van der Waals surface area contributed by atoms with Crippen LogP contribution in [0.3, 0.4) is 0 Å². The molecular formula is C19H16F2N4O2. The number of aromatic nitrogens is 2. The first-order valence-electron chi connectivity index (χ1n) is 8.02. The number of nitrogens with zero attached hydrogens (tertiary/aromatic N) is 2. The molecule has 27 heavy (non-hydrogen) atoms. The van der Waals surface area contributed by atoms with Gasteiger partial charge >= 0.3 is 0 Å². The van der Waals surface area contributed by atoms with E-state index >= 15 is 0 Å². The normalized spacial score (nSPS) is 10.3. The highest BCUT2D eigenvalue weighted by atomic mass is 19.2. The summed E-state index contributed by atoms with van der Waals surface area (Å²) in [5.41, 5.74) is 1.02. The Hall–Kier alpha value is -3.55. The van der Waals surface area contributed by atoms with Crippen molar-refractivity contribution >= 4 is 17.5 Å². The zero-order chi connectivity index (χ0) is 19.2. The standard InChI is InChI=1S/C19H16F2N4O2/c1-27-14-5-2-12(3-6-14)11-22-17-8-9-18(25-24-17)23-19(26)13-4-7-15(20)16(21)10-13/h2-10H,11H2,1H3,(H,22,24)(H,23,25,26). The molecule has 3 aromatic rings. The molecule has 1 amide bonds. The van der Waals surface area contributed by atoms with Crippen LogP contribution in [-0.2, 0) is 6.54 Å². The van der Waals surface area contributed by atoms with Crippen LogP contribution >= 0.6 is 0 Å². The summed E-state index contributed by atoms with van der Waals surface area (Å²) in [6, 6.07) is 13.7. The Morgan fingerprint density at radius 1 is 0.963 bits per heavy atom. The van der Waals surface area contributed by atoms with Gasteiger partial charge in [0.2, 0.25) is 0 Å². The summed E-state index contributed by atoms with van der Waals surface area (Å²) >= 11 is 0. The highest BCUT2D eigenvalue weighted by molar-refractivity contribution is 6.03. The number of halogens is 2. The van der Waals surface area contributed by atoms with Crippen LogP contribution in [0.2, 0.25) is 0 Å². The molecule has 138 valence electrons. The summed E-state index contributed by atoms with van der Waals surface area (Å²) in [6.07, 6.45) is 0. The molecule has 0 unspecified atom stereocenters. The SMILES string of the molecule is COc1ccc(CNc2ccc(NC(=O)c3ccc(F)c(F)c3)nn2)cc1. The van der Waals surface area contributed by atoms with Gasteiger partial charge in [-0.2, -0.15) is 0 Å². The van der Waals surface area contributed by atoms with E-state index < -0.39 is 17.5 Å². The second kappa shape index (κ2) is 8.22. The molecule has 0 spiro atoms. The Morgan fingerprint density at radius 2 is 1.67 bits per heavy atom. The average Bonchev–Trinajstić information content (AvgIpc) is 2.70. The van der Waals surface area contributed by atoms with E-state index in [1.54, 1.807) is 19.2 Å². The lowest BCUT2D eigenvalue weighted by atomic mass is 10.2. The molecule has 6 nitrogen and oxygen atoms in total. The molecule has 1 aromatic heterocycles. The molecule has 0 aliphatic carbocycles. The molecular weight excluding hydrogens is 354 g/mol. The quantitative estimate of drug-likeness (QED) is 0.693. The van der Waals surface area contributed by atoms with Crippen LogP contribution in [0.15, 0.2) is 54.6 Å². The second-order valence-corrected chi connectivity index (χ2v) is 5.59. The first-order chi connectivity index (χ1) is 13.0. The van der Waals surface area contributed by atoms with Gasteiger partial charge in [0.1, 0.15) is 11.6 Å². The minimum Gasteiger partial charge on any atom is -0.497 e. The fourth-order valence-electron chi connectivity index (χ4n) is 2.26. The van der Waals surface area contributed by atoms with E-state index in [1.807, 2.05) is 24.3 Å². The number of methoxy groups -OCH3 is 1. The molecule has 0 fully saturated rings. The first kappa shape index (κ1) is 18.2. The minimum absolute atomic E-state index is 0.0163. The van der Waals surface area contributed by atoms with Crippen LogP contribution in [0, 0.1) is 11.6 Å². The molecule has 2 N–H and O–H groups in total. The van der Waals surface area contributed by atoms with Gasteiger partial charge in [0.05, 0.1) is 7.11 Å². The summed E-state index contributed by atoms with van der Waals surface area (Å²) in [4.78, 5) is 12.0. The number of nitrogens with one attached hydrogen (secondary N) is 2. The van der Waals surface area contributed by atoms with E-state index in [4.69, 9.17) is 4.74 Å². The Labute approximate surface area is 154 Å². The topological polar surface area (TPSA) is 76.1 Å². The maximum Gasteiger partial charge on any atom is 0.256 e.